The third-order valence-corrected chi connectivity index (χ3v) is 2.40. The Labute approximate surface area is 127 Å². The first-order chi connectivity index (χ1) is 11.7. The maximum atomic E-state index is 12.8. The smallest absolute Gasteiger partial charge is 0.272 e. The van der Waals surface area contributed by atoms with E-state index in [2.05, 4.69) is 10.5 Å². The molecule has 0 radical (unpaired) electrons. The normalized spacial score (nSPS) is 12.5. The zero-order valence-electron chi connectivity index (χ0n) is 13.7. The minimum atomic E-state index is -1.13. The first-order valence-corrected chi connectivity index (χ1v) is 5.71. The molecule has 0 heterocycles. The minimum Gasteiger partial charge on any atom is -0.272 e. The van der Waals surface area contributed by atoms with Gasteiger partial charge in [0.2, 0.25) is 0 Å². The molecule has 9 heteroatoms. The van der Waals surface area contributed by atoms with Crippen molar-refractivity contribution in [3.05, 3.63) is 74.0 Å². The third kappa shape index (κ3) is 3.60. The number of anilines is 1. The lowest BCUT2D eigenvalue weighted by Crippen LogP contribution is -1.98. The highest BCUT2D eigenvalue weighted by atomic mass is 19.1. The van der Waals surface area contributed by atoms with Crippen molar-refractivity contribution < 1.29 is 18.3 Å². The first kappa shape index (κ1) is 11.3. The van der Waals surface area contributed by atoms with Gasteiger partial charge in [0.15, 0.2) is 0 Å². The molecule has 22 heavy (non-hydrogen) atoms. The predicted octanol–water partition coefficient (Wildman–Crippen LogP) is 3.09. The molecule has 8 nitrogen and oxygen atoms in total. The van der Waals surface area contributed by atoms with E-state index in [0.29, 0.717) is 5.56 Å². The number of halogens is 1. The quantitative estimate of drug-likeness (QED) is 0.518. The van der Waals surface area contributed by atoms with E-state index in [-0.39, 0.29) is 0 Å². The van der Waals surface area contributed by atoms with Crippen LogP contribution in [0.2, 0.25) is 0 Å². The van der Waals surface area contributed by atoms with Crippen LogP contribution < -0.4 is 5.43 Å². The largest absolute Gasteiger partial charge is 0.301 e. The second-order valence-corrected chi connectivity index (χ2v) is 3.88. The number of hydrogen-bond donors (Lipinski definition) is 1. The molecule has 0 spiro atoms. The molecular formula is C13H9FN4O4. The molecule has 1 N–H and O–H groups in total. The highest BCUT2D eigenvalue weighted by Gasteiger charge is 2.18. The van der Waals surface area contributed by atoms with Crippen molar-refractivity contribution in [1.82, 2.24) is 0 Å². The number of hydrazone groups is 1. The Morgan fingerprint density at radius 2 is 1.86 bits per heavy atom. The van der Waals surface area contributed by atoms with Gasteiger partial charge < -0.3 is 0 Å². The van der Waals surface area contributed by atoms with E-state index in [0.717, 1.165) is 18.3 Å². The molecule has 0 bridgehead atoms. The fraction of sp³-hybridized carbons (Fsp3) is 0. The molecule has 0 amide bonds. The van der Waals surface area contributed by atoms with Crippen molar-refractivity contribution >= 4 is 23.3 Å². The lowest BCUT2D eigenvalue weighted by Gasteiger charge is -2.01. The number of rotatable bonds is 5. The van der Waals surface area contributed by atoms with Gasteiger partial charge in [0.05, 0.1) is 26.2 Å². The summed E-state index contributed by atoms with van der Waals surface area (Å²) in [6, 6.07) is 2.18. The van der Waals surface area contributed by atoms with Crippen LogP contribution in [0.4, 0.5) is 21.5 Å². The number of benzene rings is 2. The van der Waals surface area contributed by atoms with Crippen molar-refractivity contribution in [3.8, 4) is 0 Å². The van der Waals surface area contributed by atoms with Gasteiger partial charge in [0, 0.05) is 6.04 Å². The number of nitro groups is 2. The molecular weight excluding hydrogens is 295 g/mol. The summed E-state index contributed by atoms with van der Waals surface area (Å²) >= 11 is 0. The zero-order valence-corrected chi connectivity index (χ0v) is 10.7. The molecule has 0 aliphatic carbocycles. The van der Waals surface area contributed by atoms with Crippen molar-refractivity contribution in [2.45, 2.75) is 0 Å². The Bertz CT molecular complexity index is 890. The van der Waals surface area contributed by atoms with E-state index >= 15 is 0 Å². The number of nitrogens with one attached hydrogen (secondary N) is 1. The molecule has 112 valence electrons. The van der Waals surface area contributed by atoms with E-state index in [9.17, 15) is 24.6 Å². The fourth-order valence-corrected chi connectivity index (χ4v) is 1.42. The van der Waals surface area contributed by atoms with Gasteiger partial charge in [-0.3, -0.25) is 25.7 Å². The van der Waals surface area contributed by atoms with E-state index in [4.69, 9.17) is 4.11 Å². The Morgan fingerprint density at radius 3 is 2.45 bits per heavy atom. The fourth-order valence-electron chi connectivity index (χ4n) is 1.42. The third-order valence-electron chi connectivity index (χ3n) is 2.40. The van der Waals surface area contributed by atoms with E-state index in [1.807, 2.05) is 0 Å². The number of nitro benzene ring substituents is 2. The Kier molecular flexibility index (Phi) is 3.29. The van der Waals surface area contributed by atoms with Crippen molar-refractivity contribution in [3.63, 3.8) is 0 Å². The Hall–Kier alpha value is -3.36. The summed E-state index contributed by atoms with van der Waals surface area (Å²) in [5.74, 6) is -0.470. The summed E-state index contributed by atoms with van der Waals surface area (Å²) in [6.07, 6.45) is 1.16. The average molecular weight is 307 g/mol. The SMILES string of the molecule is [2H]c1c([2H])c([N+](=O)[O-])c([2H])c([N+](=O)[O-])c1N/N=C\c1ccc(F)cc1. The molecule has 0 fully saturated rings. The molecule has 2 aromatic carbocycles. The standard InChI is InChI=1S/C13H9FN4O4/c14-10-3-1-9(2-4-10)8-15-16-12-6-5-11(17(19)20)7-13(12)18(21)22/h1-8,16H/b15-8-/i5D,6D,7D. The van der Waals surface area contributed by atoms with Gasteiger partial charge in [-0.2, -0.15) is 5.10 Å². The molecule has 0 saturated heterocycles. The van der Waals surface area contributed by atoms with Crippen molar-refractivity contribution in [1.29, 1.82) is 0 Å². The number of hydrogen-bond acceptors (Lipinski definition) is 6. The second-order valence-electron chi connectivity index (χ2n) is 3.88. The Balaban J connectivity index is 2.48. The van der Waals surface area contributed by atoms with Crippen LogP contribution in [0.3, 0.4) is 0 Å². The van der Waals surface area contributed by atoms with Gasteiger partial charge in [0.25, 0.3) is 5.69 Å². The van der Waals surface area contributed by atoms with Gasteiger partial charge >= 0.3 is 5.69 Å². The summed E-state index contributed by atoms with van der Waals surface area (Å²) < 4.78 is 35.7. The highest BCUT2D eigenvalue weighted by Crippen LogP contribution is 2.28. The molecule has 0 saturated carbocycles. The van der Waals surface area contributed by atoms with Crippen LogP contribution in [0.5, 0.6) is 0 Å². The van der Waals surface area contributed by atoms with Crippen LogP contribution in [0.25, 0.3) is 0 Å². The molecule has 2 rings (SSSR count). The summed E-state index contributed by atoms with van der Waals surface area (Å²) in [6.45, 7) is 0. The monoisotopic (exact) mass is 307 g/mol. The predicted molar refractivity (Wildman–Crippen MR) is 77.4 cm³/mol. The van der Waals surface area contributed by atoms with E-state index in [1.165, 1.54) is 12.1 Å². The summed E-state index contributed by atoms with van der Waals surface area (Å²) in [4.78, 5) is 19.8. The molecule has 2 aromatic rings. The maximum Gasteiger partial charge on any atom is 0.301 e. The molecule has 0 atom stereocenters. The van der Waals surface area contributed by atoms with Gasteiger partial charge in [-0.1, -0.05) is 12.1 Å². The lowest BCUT2D eigenvalue weighted by molar-refractivity contribution is -0.393. The van der Waals surface area contributed by atoms with Crippen molar-refractivity contribution in [2.75, 3.05) is 5.43 Å². The molecule has 0 aliphatic rings. The second kappa shape index (κ2) is 6.39. The average Bonchev–Trinajstić information content (AvgIpc) is 2.53. The summed E-state index contributed by atoms with van der Waals surface area (Å²) in [5, 5.41) is 25.7. The number of nitrogens with zero attached hydrogens (tertiary/aromatic N) is 3. The van der Waals surface area contributed by atoms with Crippen LogP contribution >= 0.6 is 0 Å². The van der Waals surface area contributed by atoms with Crippen LogP contribution in [-0.4, -0.2) is 16.1 Å². The van der Waals surface area contributed by atoms with E-state index < -0.39 is 50.9 Å². The topological polar surface area (TPSA) is 111 Å². The molecule has 0 unspecified atom stereocenters. The maximum absolute atomic E-state index is 12.8. The summed E-state index contributed by atoms with van der Waals surface area (Å²) in [7, 11) is 0. The van der Waals surface area contributed by atoms with Crippen LogP contribution in [-0.2, 0) is 0 Å². The zero-order chi connectivity index (χ0) is 18.7. The van der Waals surface area contributed by atoms with Crippen molar-refractivity contribution in [2.24, 2.45) is 5.10 Å². The first-order valence-electron chi connectivity index (χ1n) is 7.21. The van der Waals surface area contributed by atoms with Crippen LogP contribution in [0.15, 0.2) is 47.5 Å². The van der Waals surface area contributed by atoms with Gasteiger partial charge in [-0.05, 0) is 23.7 Å². The van der Waals surface area contributed by atoms with E-state index in [1.54, 1.807) is 0 Å². The van der Waals surface area contributed by atoms with Crippen LogP contribution in [0.1, 0.15) is 9.68 Å². The van der Waals surface area contributed by atoms with Gasteiger partial charge in [-0.25, -0.2) is 4.39 Å². The van der Waals surface area contributed by atoms with Gasteiger partial charge in [0.1, 0.15) is 11.5 Å². The van der Waals surface area contributed by atoms with Crippen LogP contribution in [0, 0.1) is 26.0 Å². The lowest BCUT2D eigenvalue weighted by atomic mass is 10.2. The molecule has 0 aliphatic heterocycles. The Morgan fingerprint density at radius 1 is 1.18 bits per heavy atom. The highest BCUT2D eigenvalue weighted by molar-refractivity contribution is 5.80. The minimum absolute atomic E-state index is 0.433. The molecule has 0 aromatic heterocycles. The van der Waals surface area contributed by atoms with Gasteiger partial charge in [-0.15, -0.1) is 0 Å². The summed E-state index contributed by atoms with van der Waals surface area (Å²) in [5.41, 5.74) is -0.204.